The minimum absolute atomic E-state index is 0.384. The first-order valence-electron chi connectivity index (χ1n) is 23.2. The SMILES string of the molecule is c1ccc(N(c2ccc(-c3ccc4c(c3)C3(c5ccccc5-c5ccccc53)c3ccccc3-4)cc2)c2ccc(-c3cccc4ccccc34)cc2)c(-c2cccc3c2sc2ccccc23)c1. The molecule has 0 fully saturated rings. The van der Waals surface area contributed by atoms with Crippen LogP contribution in [0.3, 0.4) is 0 Å². The summed E-state index contributed by atoms with van der Waals surface area (Å²) in [5.74, 6) is 0. The van der Waals surface area contributed by atoms with E-state index < -0.39 is 0 Å². The maximum absolute atomic E-state index is 2.48. The van der Waals surface area contributed by atoms with Crippen LogP contribution in [-0.4, -0.2) is 0 Å². The Bertz CT molecular complexity index is 3860. The lowest BCUT2D eigenvalue weighted by Gasteiger charge is -2.30. The van der Waals surface area contributed by atoms with E-state index in [1.54, 1.807) is 0 Å². The van der Waals surface area contributed by atoms with Crippen LogP contribution in [0.5, 0.6) is 0 Å². The Morgan fingerprint density at radius 2 is 0.776 bits per heavy atom. The van der Waals surface area contributed by atoms with Gasteiger partial charge in [-0.3, -0.25) is 0 Å². The average Bonchev–Trinajstić information content (AvgIpc) is 4.03. The van der Waals surface area contributed by atoms with E-state index in [2.05, 4.69) is 254 Å². The maximum atomic E-state index is 2.48. The van der Waals surface area contributed by atoms with Crippen molar-refractivity contribution in [3.63, 3.8) is 0 Å². The molecule has 14 rings (SSSR count). The third-order valence-corrected chi connectivity index (χ3v) is 15.7. The molecule has 0 amide bonds. The zero-order chi connectivity index (χ0) is 44.1. The van der Waals surface area contributed by atoms with Crippen LogP contribution in [0.4, 0.5) is 17.1 Å². The van der Waals surface area contributed by atoms with Gasteiger partial charge in [-0.25, -0.2) is 0 Å². The van der Waals surface area contributed by atoms with Crippen LogP contribution in [0.25, 0.3) is 86.6 Å². The van der Waals surface area contributed by atoms with Crippen molar-refractivity contribution in [1.29, 1.82) is 0 Å². The second kappa shape index (κ2) is 14.9. The maximum Gasteiger partial charge on any atom is 0.0725 e. The van der Waals surface area contributed by atoms with Gasteiger partial charge in [-0.2, -0.15) is 0 Å². The zero-order valence-electron chi connectivity index (χ0n) is 36.5. The third-order valence-electron chi connectivity index (χ3n) is 14.5. The van der Waals surface area contributed by atoms with Gasteiger partial charge >= 0.3 is 0 Å². The number of nitrogens with zero attached hydrogens (tertiary/aromatic N) is 1. The molecule has 2 heteroatoms. The minimum atomic E-state index is -0.384. The van der Waals surface area contributed by atoms with E-state index in [9.17, 15) is 0 Å². The summed E-state index contributed by atoms with van der Waals surface area (Å²) in [5.41, 5.74) is 20.9. The highest BCUT2D eigenvalue weighted by Crippen LogP contribution is 2.63. The number of fused-ring (bicyclic) bond motifs is 14. The third kappa shape index (κ3) is 5.61. The van der Waals surface area contributed by atoms with E-state index in [1.165, 1.54) is 109 Å². The number of benzene rings is 11. The number of hydrogen-bond donors (Lipinski definition) is 0. The highest BCUT2D eigenvalue weighted by atomic mass is 32.1. The molecule has 0 unspecified atom stereocenters. The van der Waals surface area contributed by atoms with Crippen molar-refractivity contribution in [2.24, 2.45) is 0 Å². The molecule has 1 nitrogen and oxygen atoms in total. The van der Waals surface area contributed by atoms with E-state index in [1.807, 2.05) is 11.3 Å². The van der Waals surface area contributed by atoms with Gasteiger partial charge in [-0.15, -0.1) is 11.3 Å². The predicted molar refractivity (Wildman–Crippen MR) is 284 cm³/mol. The van der Waals surface area contributed by atoms with E-state index in [-0.39, 0.29) is 5.41 Å². The van der Waals surface area contributed by atoms with Crippen molar-refractivity contribution < 1.29 is 0 Å². The van der Waals surface area contributed by atoms with Gasteiger partial charge in [0.1, 0.15) is 0 Å². The molecule has 0 aliphatic heterocycles. The molecule has 0 saturated carbocycles. The molecule has 2 aliphatic rings. The van der Waals surface area contributed by atoms with Crippen LogP contribution >= 0.6 is 11.3 Å². The van der Waals surface area contributed by atoms with E-state index in [4.69, 9.17) is 0 Å². The van der Waals surface area contributed by atoms with Crippen LogP contribution in [0.2, 0.25) is 0 Å². The second-order valence-electron chi connectivity index (χ2n) is 17.9. The Morgan fingerprint density at radius 3 is 1.48 bits per heavy atom. The molecular weight excluding hydrogens is 827 g/mol. The summed E-state index contributed by atoms with van der Waals surface area (Å²) in [4.78, 5) is 2.44. The van der Waals surface area contributed by atoms with Gasteiger partial charge in [0.25, 0.3) is 0 Å². The summed E-state index contributed by atoms with van der Waals surface area (Å²) in [5, 5.41) is 5.11. The fraction of sp³-hybridized carbons (Fsp3) is 0.0154. The van der Waals surface area contributed by atoms with Crippen molar-refractivity contribution in [3.05, 3.63) is 271 Å². The van der Waals surface area contributed by atoms with Crippen molar-refractivity contribution in [2.75, 3.05) is 4.90 Å². The van der Waals surface area contributed by atoms with Crippen molar-refractivity contribution in [1.82, 2.24) is 0 Å². The summed E-state index contributed by atoms with van der Waals surface area (Å²) >= 11 is 1.88. The summed E-state index contributed by atoms with van der Waals surface area (Å²) in [6, 6.07) is 92.4. The number of hydrogen-bond acceptors (Lipinski definition) is 2. The fourth-order valence-electron chi connectivity index (χ4n) is 11.6. The first-order valence-corrected chi connectivity index (χ1v) is 24.0. The van der Waals surface area contributed by atoms with Crippen molar-refractivity contribution in [3.8, 4) is 55.6 Å². The molecule has 0 saturated heterocycles. The molecule has 12 aromatic rings. The van der Waals surface area contributed by atoms with Gasteiger partial charge in [0.05, 0.1) is 11.1 Å². The monoisotopic (exact) mass is 867 g/mol. The van der Waals surface area contributed by atoms with E-state index >= 15 is 0 Å². The lowest BCUT2D eigenvalue weighted by atomic mass is 9.70. The van der Waals surface area contributed by atoms with E-state index in [0.29, 0.717) is 0 Å². The Balaban J connectivity index is 0.920. The standard InChI is InChI=1S/C65H41NS/c1-2-17-48-43(15-1)16-13-23-49(48)44-33-38-47(39-34-44)66(62-29-11-6-21-54(62)56-24-14-25-57-55-22-7-12-30-63(55)67-64(56)57)46-36-31-42(32-37-46)45-35-40-53-52-20-5-10-28-60(52)65(61(53)41-45)58-26-8-3-18-50(58)51-19-4-9-27-59(51)65/h1-41H. The Kier molecular flexibility index (Phi) is 8.44. The Labute approximate surface area is 394 Å². The Morgan fingerprint density at radius 1 is 0.299 bits per heavy atom. The minimum Gasteiger partial charge on any atom is -0.310 e. The quantitative estimate of drug-likeness (QED) is 0.161. The first kappa shape index (κ1) is 38.0. The molecule has 0 radical (unpaired) electrons. The zero-order valence-corrected chi connectivity index (χ0v) is 37.3. The summed E-state index contributed by atoms with van der Waals surface area (Å²) < 4.78 is 2.61. The molecule has 1 spiro atoms. The summed E-state index contributed by atoms with van der Waals surface area (Å²) in [7, 11) is 0. The molecular formula is C65H41NS. The number of thiophene rings is 1. The Hall–Kier alpha value is -8.30. The highest BCUT2D eigenvalue weighted by Gasteiger charge is 2.51. The molecule has 0 N–H and O–H groups in total. The first-order chi connectivity index (χ1) is 33.2. The lowest BCUT2D eigenvalue weighted by molar-refractivity contribution is 0.794. The highest BCUT2D eigenvalue weighted by molar-refractivity contribution is 7.26. The molecule has 1 heterocycles. The average molecular weight is 868 g/mol. The van der Waals surface area contributed by atoms with Gasteiger partial charge in [0.15, 0.2) is 0 Å². The molecule has 0 bridgehead atoms. The molecule has 2 aliphatic carbocycles. The lowest BCUT2D eigenvalue weighted by Crippen LogP contribution is -2.25. The van der Waals surface area contributed by atoms with Gasteiger partial charge in [0, 0.05) is 42.7 Å². The van der Waals surface area contributed by atoms with Gasteiger partial charge in [0.2, 0.25) is 0 Å². The second-order valence-corrected chi connectivity index (χ2v) is 19.0. The predicted octanol–water partition coefficient (Wildman–Crippen LogP) is 18.0. The number of para-hydroxylation sites is 1. The molecule has 67 heavy (non-hydrogen) atoms. The van der Waals surface area contributed by atoms with Crippen LogP contribution in [0, 0.1) is 0 Å². The number of anilines is 3. The van der Waals surface area contributed by atoms with Crippen molar-refractivity contribution in [2.45, 2.75) is 5.41 Å². The fourth-order valence-corrected chi connectivity index (χ4v) is 12.9. The van der Waals surface area contributed by atoms with Crippen LogP contribution in [0.15, 0.2) is 249 Å². The topological polar surface area (TPSA) is 3.24 Å². The van der Waals surface area contributed by atoms with Crippen LogP contribution in [-0.2, 0) is 5.41 Å². The molecule has 312 valence electrons. The van der Waals surface area contributed by atoms with E-state index in [0.717, 1.165) is 17.1 Å². The van der Waals surface area contributed by atoms with Gasteiger partial charge in [-0.1, -0.05) is 206 Å². The molecule has 11 aromatic carbocycles. The smallest absolute Gasteiger partial charge is 0.0725 e. The molecule has 0 atom stereocenters. The molecule has 1 aromatic heterocycles. The summed E-state index contributed by atoms with van der Waals surface area (Å²) in [6.07, 6.45) is 0. The van der Waals surface area contributed by atoms with Gasteiger partial charge in [-0.05, 0) is 120 Å². The largest absolute Gasteiger partial charge is 0.310 e. The number of rotatable bonds is 6. The summed E-state index contributed by atoms with van der Waals surface area (Å²) in [6.45, 7) is 0. The van der Waals surface area contributed by atoms with Crippen LogP contribution < -0.4 is 4.90 Å². The van der Waals surface area contributed by atoms with Gasteiger partial charge < -0.3 is 4.90 Å². The van der Waals surface area contributed by atoms with Crippen LogP contribution in [0.1, 0.15) is 22.3 Å². The van der Waals surface area contributed by atoms with Crippen molar-refractivity contribution >= 4 is 59.3 Å². The normalized spacial score (nSPS) is 12.9.